The molecule has 0 spiro atoms. The lowest BCUT2D eigenvalue weighted by molar-refractivity contribution is -0.135. The Hall–Kier alpha value is -4.28. The standard InChI is InChI=1S/C27H34N4O7/c1-18-27(35)31(2)15-17-38-23-7-5-4-6-21(23)25(33)30-22(12-13-24(32)29-18)26(34)28-14-16-37-20-10-8-19(36-3)9-11-20/h4-11,18,22H,12-17H2,1-3H3,(H,28,34)(H,29,32)(H,30,33)/t18-,22-/m0/s1. The number of amides is 4. The molecular formula is C27H34N4O7. The summed E-state index contributed by atoms with van der Waals surface area (Å²) in [5.41, 5.74) is 0.245. The number of fused-ring (bicyclic) bond motifs is 1. The predicted molar refractivity (Wildman–Crippen MR) is 139 cm³/mol. The number of rotatable bonds is 6. The summed E-state index contributed by atoms with van der Waals surface area (Å²) in [5, 5.41) is 8.12. The Bertz CT molecular complexity index is 1120. The molecule has 0 unspecified atom stereocenters. The van der Waals surface area contributed by atoms with E-state index in [0.717, 1.165) is 0 Å². The van der Waals surface area contributed by atoms with Gasteiger partial charge in [-0.25, -0.2) is 0 Å². The van der Waals surface area contributed by atoms with Crippen molar-refractivity contribution in [3.05, 3.63) is 54.1 Å². The molecule has 4 amide bonds. The number of para-hydroxylation sites is 1. The number of benzene rings is 2. The van der Waals surface area contributed by atoms with Crippen molar-refractivity contribution in [2.24, 2.45) is 0 Å². The van der Waals surface area contributed by atoms with Gasteiger partial charge in [0.2, 0.25) is 17.7 Å². The van der Waals surface area contributed by atoms with E-state index in [1.54, 1.807) is 69.6 Å². The van der Waals surface area contributed by atoms with Crippen molar-refractivity contribution < 1.29 is 33.4 Å². The van der Waals surface area contributed by atoms with Gasteiger partial charge in [-0.3, -0.25) is 19.2 Å². The highest BCUT2D eigenvalue weighted by Crippen LogP contribution is 2.19. The summed E-state index contributed by atoms with van der Waals surface area (Å²) in [4.78, 5) is 52.7. The summed E-state index contributed by atoms with van der Waals surface area (Å²) in [6.45, 7) is 2.38. The Balaban J connectivity index is 1.68. The average Bonchev–Trinajstić information content (AvgIpc) is 2.92. The fraction of sp³-hybridized carbons (Fsp3) is 0.407. The second kappa shape index (κ2) is 13.9. The second-order valence-corrected chi connectivity index (χ2v) is 8.77. The molecule has 1 heterocycles. The average molecular weight is 527 g/mol. The van der Waals surface area contributed by atoms with Gasteiger partial charge < -0.3 is 35.1 Å². The molecule has 0 bridgehead atoms. The molecule has 2 aromatic carbocycles. The van der Waals surface area contributed by atoms with Crippen LogP contribution in [-0.2, 0) is 14.4 Å². The van der Waals surface area contributed by atoms with Gasteiger partial charge in [-0.2, -0.15) is 0 Å². The number of nitrogens with one attached hydrogen (secondary N) is 3. The summed E-state index contributed by atoms with van der Waals surface area (Å²) in [5.74, 6) is -0.00185. The van der Waals surface area contributed by atoms with Gasteiger partial charge in [-0.15, -0.1) is 0 Å². The van der Waals surface area contributed by atoms with Crippen LogP contribution in [0, 0.1) is 0 Å². The highest BCUT2D eigenvalue weighted by molar-refractivity contribution is 5.99. The fourth-order valence-electron chi connectivity index (χ4n) is 3.81. The SMILES string of the molecule is COc1ccc(OCCNC(=O)[C@@H]2CCC(=O)N[C@@H](C)C(=O)N(C)CCOc3ccccc3C(=O)N2)cc1. The van der Waals surface area contributed by atoms with Crippen LogP contribution in [-0.4, -0.2) is 81.1 Å². The van der Waals surface area contributed by atoms with Gasteiger partial charge in [0, 0.05) is 13.5 Å². The maximum absolute atomic E-state index is 13.1. The molecule has 11 heteroatoms. The van der Waals surface area contributed by atoms with Crippen LogP contribution in [0.5, 0.6) is 17.2 Å². The summed E-state index contributed by atoms with van der Waals surface area (Å²) < 4.78 is 16.5. The zero-order valence-electron chi connectivity index (χ0n) is 21.8. The van der Waals surface area contributed by atoms with E-state index >= 15 is 0 Å². The van der Waals surface area contributed by atoms with Crippen LogP contribution in [0.2, 0.25) is 0 Å². The van der Waals surface area contributed by atoms with Crippen LogP contribution in [0.15, 0.2) is 48.5 Å². The molecule has 2 aromatic rings. The summed E-state index contributed by atoms with van der Waals surface area (Å²) >= 11 is 0. The van der Waals surface area contributed by atoms with E-state index in [0.29, 0.717) is 17.2 Å². The van der Waals surface area contributed by atoms with E-state index in [9.17, 15) is 19.2 Å². The van der Waals surface area contributed by atoms with Crippen molar-refractivity contribution in [2.45, 2.75) is 31.8 Å². The first-order valence-electron chi connectivity index (χ1n) is 12.4. The van der Waals surface area contributed by atoms with E-state index in [2.05, 4.69) is 16.0 Å². The van der Waals surface area contributed by atoms with Gasteiger partial charge in [0.15, 0.2) is 0 Å². The van der Waals surface area contributed by atoms with Gasteiger partial charge >= 0.3 is 0 Å². The van der Waals surface area contributed by atoms with Crippen molar-refractivity contribution in [2.75, 3.05) is 40.5 Å². The number of ether oxygens (including phenoxy) is 3. The van der Waals surface area contributed by atoms with Crippen molar-refractivity contribution in [1.29, 1.82) is 0 Å². The van der Waals surface area contributed by atoms with Crippen LogP contribution >= 0.6 is 0 Å². The molecular weight excluding hydrogens is 492 g/mol. The molecule has 0 aromatic heterocycles. The molecule has 0 fully saturated rings. The quantitative estimate of drug-likeness (QED) is 0.480. The zero-order chi connectivity index (χ0) is 27.5. The van der Waals surface area contributed by atoms with E-state index in [1.165, 1.54) is 4.90 Å². The minimum Gasteiger partial charge on any atom is -0.497 e. The Kier molecular flexibility index (Phi) is 10.3. The molecule has 0 aliphatic carbocycles. The maximum Gasteiger partial charge on any atom is 0.255 e. The van der Waals surface area contributed by atoms with Crippen LogP contribution in [0.1, 0.15) is 30.1 Å². The third kappa shape index (κ3) is 8.12. The van der Waals surface area contributed by atoms with Gasteiger partial charge in [0.25, 0.3) is 5.91 Å². The number of hydrogen-bond donors (Lipinski definition) is 3. The lowest BCUT2D eigenvalue weighted by atomic mass is 10.1. The highest BCUT2D eigenvalue weighted by atomic mass is 16.5. The topological polar surface area (TPSA) is 135 Å². The van der Waals surface area contributed by atoms with Crippen molar-refractivity contribution >= 4 is 23.6 Å². The first-order valence-corrected chi connectivity index (χ1v) is 12.4. The van der Waals surface area contributed by atoms with Crippen molar-refractivity contribution in [3.8, 4) is 17.2 Å². The van der Waals surface area contributed by atoms with Crippen LogP contribution in [0.25, 0.3) is 0 Å². The molecule has 0 saturated carbocycles. The lowest BCUT2D eigenvalue weighted by Gasteiger charge is -2.22. The predicted octanol–water partition coefficient (Wildman–Crippen LogP) is 1.12. The Morgan fingerprint density at radius 2 is 1.79 bits per heavy atom. The third-order valence-corrected chi connectivity index (χ3v) is 5.95. The minimum atomic E-state index is -0.999. The Labute approximate surface area is 221 Å². The van der Waals surface area contributed by atoms with Gasteiger partial charge in [-0.05, 0) is 49.7 Å². The van der Waals surface area contributed by atoms with Gasteiger partial charge in [0.1, 0.15) is 42.5 Å². The molecule has 38 heavy (non-hydrogen) atoms. The summed E-state index contributed by atoms with van der Waals surface area (Å²) in [6, 6.07) is 11.9. The molecule has 0 saturated heterocycles. The lowest BCUT2D eigenvalue weighted by Crippen LogP contribution is -2.49. The number of hydrogen-bond acceptors (Lipinski definition) is 7. The maximum atomic E-state index is 13.1. The third-order valence-electron chi connectivity index (χ3n) is 5.95. The molecule has 3 N–H and O–H groups in total. The monoisotopic (exact) mass is 526 g/mol. The van der Waals surface area contributed by atoms with E-state index in [-0.39, 0.29) is 50.6 Å². The molecule has 2 atom stereocenters. The first kappa shape index (κ1) is 28.3. The molecule has 204 valence electrons. The summed E-state index contributed by atoms with van der Waals surface area (Å²) in [6.07, 6.45) is -0.0390. The second-order valence-electron chi connectivity index (χ2n) is 8.77. The smallest absolute Gasteiger partial charge is 0.255 e. The van der Waals surface area contributed by atoms with Crippen molar-refractivity contribution in [1.82, 2.24) is 20.9 Å². The molecule has 3 rings (SSSR count). The van der Waals surface area contributed by atoms with E-state index in [4.69, 9.17) is 14.2 Å². The minimum absolute atomic E-state index is 0.0303. The highest BCUT2D eigenvalue weighted by Gasteiger charge is 2.26. The molecule has 0 radical (unpaired) electrons. The number of methoxy groups -OCH3 is 1. The molecule has 11 nitrogen and oxygen atoms in total. The van der Waals surface area contributed by atoms with Crippen LogP contribution < -0.4 is 30.2 Å². The number of nitrogens with zero attached hydrogens (tertiary/aromatic N) is 1. The van der Waals surface area contributed by atoms with Crippen LogP contribution in [0.4, 0.5) is 0 Å². The Morgan fingerprint density at radius 1 is 1.08 bits per heavy atom. The van der Waals surface area contributed by atoms with Gasteiger partial charge in [-0.1, -0.05) is 12.1 Å². The van der Waals surface area contributed by atoms with E-state index in [1.807, 2.05) is 0 Å². The number of likely N-dealkylation sites (N-methyl/N-ethyl adjacent to an activating group) is 1. The zero-order valence-corrected chi connectivity index (χ0v) is 21.8. The summed E-state index contributed by atoms with van der Waals surface area (Å²) in [7, 11) is 3.19. The normalized spacial score (nSPS) is 19.0. The fourth-order valence-corrected chi connectivity index (χ4v) is 3.81. The first-order chi connectivity index (χ1) is 18.3. The number of carbonyl (C=O) groups excluding carboxylic acids is 4. The molecule has 1 aliphatic heterocycles. The largest absolute Gasteiger partial charge is 0.497 e. The molecule has 1 aliphatic rings. The Morgan fingerprint density at radius 3 is 2.53 bits per heavy atom. The number of carbonyl (C=O) groups is 4. The van der Waals surface area contributed by atoms with Crippen molar-refractivity contribution in [3.63, 3.8) is 0 Å². The van der Waals surface area contributed by atoms with Crippen LogP contribution in [0.3, 0.4) is 0 Å². The van der Waals surface area contributed by atoms with E-state index < -0.39 is 29.8 Å². The van der Waals surface area contributed by atoms with Gasteiger partial charge in [0.05, 0.1) is 25.8 Å².